The van der Waals surface area contributed by atoms with Crippen LogP contribution in [-0.2, 0) is 11.3 Å². The number of nitrogens with two attached hydrogens (primary N) is 1. The van der Waals surface area contributed by atoms with E-state index in [2.05, 4.69) is 34.5 Å². The smallest absolute Gasteiger partial charge is 0.240 e. The lowest BCUT2D eigenvalue weighted by Gasteiger charge is -2.25. The Labute approximate surface area is 144 Å². The van der Waals surface area contributed by atoms with Crippen LogP contribution in [0.4, 0.5) is 0 Å². The largest absolute Gasteiger partial charge is 0.353 e. The molecule has 1 aliphatic heterocycles. The maximum Gasteiger partial charge on any atom is 0.240 e. The minimum Gasteiger partial charge on any atom is -0.353 e. The maximum absolute atomic E-state index is 11.9. The van der Waals surface area contributed by atoms with Crippen molar-refractivity contribution < 1.29 is 4.79 Å². The fourth-order valence-electron chi connectivity index (χ4n) is 2.90. The van der Waals surface area contributed by atoms with Gasteiger partial charge in [0.25, 0.3) is 0 Å². The number of carbonyl (C=O) groups is 1. The molecule has 6 heteroatoms. The number of carbonyl (C=O) groups excluding carboxylic acids is 1. The van der Waals surface area contributed by atoms with E-state index in [0.717, 1.165) is 38.9 Å². The molecule has 2 fully saturated rings. The van der Waals surface area contributed by atoms with Crippen LogP contribution in [0.1, 0.15) is 31.2 Å². The van der Waals surface area contributed by atoms with Gasteiger partial charge in [-0.3, -0.25) is 9.69 Å². The summed E-state index contributed by atoms with van der Waals surface area (Å²) in [5, 5.41) is 3.04. The van der Waals surface area contributed by atoms with E-state index in [9.17, 15) is 4.79 Å². The Morgan fingerprint density at radius 3 is 2.59 bits per heavy atom. The van der Waals surface area contributed by atoms with Crippen molar-refractivity contribution in [2.24, 2.45) is 5.73 Å². The van der Waals surface area contributed by atoms with Gasteiger partial charge in [-0.25, -0.2) is 0 Å². The second kappa shape index (κ2) is 8.16. The number of hydrogen-bond donors (Lipinski definition) is 2. The van der Waals surface area contributed by atoms with Gasteiger partial charge in [0.05, 0.1) is 5.54 Å². The average molecular weight is 346 g/mol. The van der Waals surface area contributed by atoms with Crippen LogP contribution in [0.3, 0.4) is 0 Å². The molecule has 1 atom stereocenters. The molecule has 1 aromatic rings. The molecular formula is C16H25Cl2N3O. The quantitative estimate of drug-likeness (QED) is 0.859. The highest BCUT2D eigenvalue weighted by atomic mass is 35.5. The van der Waals surface area contributed by atoms with Crippen LogP contribution in [0.25, 0.3) is 0 Å². The molecule has 0 aromatic heterocycles. The normalized spacial score (nSPS) is 22.3. The zero-order valence-corrected chi connectivity index (χ0v) is 14.3. The summed E-state index contributed by atoms with van der Waals surface area (Å²) in [4.78, 5) is 14.4. The third kappa shape index (κ3) is 4.59. The molecule has 1 unspecified atom stereocenters. The van der Waals surface area contributed by atoms with Crippen LogP contribution in [0.15, 0.2) is 30.3 Å². The molecule has 1 saturated carbocycles. The van der Waals surface area contributed by atoms with E-state index in [1.165, 1.54) is 12.0 Å². The molecule has 0 bridgehead atoms. The molecule has 1 aromatic carbocycles. The first-order valence-electron chi connectivity index (χ1n) is 7.52. The monoisotopic (exact) mass is 345 g/mol. The van der Waals surface area contributed by atoms with Crippen LogP contribution in [0.2, 0.25) is 0 Å². The predicted molar refractivity (Wildman–Crippen MR) is 93.5 cm³/mol. The van der Waals surface area contributed by atoms with Crippen molar-refractivity contribution in [1.82, 2.24) is 10.2 Å². The van der Waals surface area contributed by atoms with Crippen molar-refractivity contribution in [3.8, 4) is 0 Å². The fourth-order valence-corrected chi connectivity index (χ4v) is 2.90. The molecule has 4 nitrogen and oxygen atoms in total. The summed E-state index contributed by atoms with van der Waals surface area (Å²) < 4.78 is 0. The number of nitrogens with one attached hydrogen (secondary N) is 1. The summed E-state index contributed by atoms with van der Waals surface area (Å²) in [6.07, 6.45) is 4.03. The van der Waals surface area contributed by atoms with E-state index < -0.39 is 5.54 Å². The molecule has 0 spiro atoms. The number of benzene rings is 1. The lowest BCUT2D eigenvalue weighted by molar-refractivity contribution is -0.123. The average Bonchev–Trinajstić information content (AvgIpc) is 3.07. The van der Waals surface area contributed by atoms with Gasteiger partial charge in [-0.1, -0.05) is 30.3 Å². The summed E-state index contributed by atoms with van der Waals surface area (Å²) in [7, 11) is 0. The molecule has 3 rings (SSSR count). The standard InChI is InChI=1S/C16H23N3O.2ClH/c17-16(8-9-16)15(20)18-11-14-7-4-10-19(14)12-13-5-2-1-3-6-13;;/h1-3,5-6,14H,4,7-12,17H2,(H,18,20);2*1H. The SMILES string of the molecule is Cl.Cl.NC1(C(=O)NCC2CCCN2Cc2ccccc2)CC1. The molecule has 1 saturated heterocycles. The minimum absolute atomic E-state index is 0. The van der Waals surface area contributed by atoms with E-state index in [1.54, 1.807) is 0 Å². The summed E-state index contributed by atoms with van der Waals surface area (Å²) in [6, 6.07) is 11.0. The van der Waals surface area contributed by atoms with Gasteiger partial charge in [-0.05, 0) is 37.8 Å². The van der Waals surface area contributed by atoms with Crippen molar-refractivity contribution in [3.63, 3.8) is 0 Å². The maximum atomic E-state index is 11.9. The number of hydrogen-bond acceptors (Lipinski definition) is 3. The highest BCUT2D eigenvalue weighted by molar-refractivity contribution is 5.89. The van der Waals surface area contributed by atoms with Gasteiger partial charge in [0, 0.05) is 19.1 Å². The Morgan fingerprint density at radius 1 is 1.27 bits per heavy atom. The van der Waals surface area contributed by atoms with E-state index in [0.29, 0.717) is 6.04 Å². The van der Waals surface area contributed by atoms with Gasteiger partial charge in [-0.15, -0.1) is 24.8 Å². The lowest BCUT2D eigenvalue weighted by Crippen LogP contribution is -2.47. The van der Waals surface area contributed by atoms with Gasteiger partial charge in [-0.2, -0.15) is 0 Å². The zero-order chi connectivity index (χ0) is 14.0. The minimum atomic E-state index is -0.553. The number of halogens is 2. The van der Waals surface area contributed by atoms with Crippen LogP contribution in [0, 0.1) is 0 Å². The highest BCUT2D eigenvalue weighted by Gasteiger charge is 2.46. The predicted octanol–water partition coefficient (Wildman–Crippen LogP) is 2.10. The molecule has 2 aliphatic rings. The molecule has 1 aliphatic carbocycles. The first-order valence-corrected chi connectivity index (χ1v) is 7.52. The van der Waals surface area contributed by atoms with Crippen LogP contribution >= 0.6 is 24.8 Å². The Hall–Kier alpha value is -0.810. The van der Waals surface area contributed by atoms with Crippen molar-refractivity contribution in [2.75, 3.05) is 13.1 Å². The lowest BCUT2D eigenvalue weighted by atomic mass is 10.1. The zero-order valence-electron chi connectivity index (χ0n) is 12.7. The Balaban J connectivity index is 0.00000121. The van der Waals surface area contributed by atoms with Crippen molar-refractivity contribution in [2.45, 2.75) is 43.8 Å². The Kier molecular flexibility index (Phi) is 7.13. The fraction of sp³-hybridized carbons (Fsp3) is 0.562. The van der Waals surface area contributed by atoms with Crippen LogP contribution in [0.5, 0.6) is 0 Å². The van der Waals surface area contributed by atoms with Gasteiger partial charge in [0.2, 0.25) is 5.91 Å². The number of rotatable bonds is 5. The molecule has 124 valence electrons. The second-order valence-electron chi connectivity index (χ2n) is 6.12. The topological polar surface area (TPSA) is 58.4 Å². The van der Waals surface area contributed by atoms with Gasteiger partial charge in [0.15, 0.2) is 0 Å². The van der Waals surface area contributed by atoms with Gasteiger partial charge >= 0.3 is 0 Å². The van der Waals surface area contributed by atoms with Gasteiger partial charge in [0.1, 0.15) is 0 Å². The van der Waals surface area contributed by atoms with E-state index in [1.807, 2.05) is 6.07 Å². The molecule has 1 amide bonds. The van der Waals surface area contributed by atoms with E-state index in [-0.39, 0.29) is 30.7 Å². The number of amides is 1. The highest BCUT2D eigenvalue weighted by Crippen LogP contribution is 2.32. The van der Waals surface area contributed by atoms with Crippen molar-refractivity contribution in [3.05, 3.63) is 35.9 Å². The van der Waals surface area contributed by atoms with Crippen LogP contribution in [-0.4, -0.2) is 35.5 Å². The van der Waals surface area contributed by atoms with Crippen LogP contribution < -0.4 is 11.1 Å². The first kappa shape index (κ1) is 19.2. The molecular weight excluding hydrogens is 321 g/mol. The van der Waals surface area contributed by atoms with Crippen molar-refractivity contribution >= 4 is 30.7 Å². The summed E-state index contributed by atoms with van der Waals surface area (Å²) in [5.41, 5.74) is 6.69. The number of nitrogens with zero attached hydrogens (tertiary/aromatic N) is 1. The molecule has 3 N–H and O–H groups in total. The van der Waals surface area contributed by atoms with E-state index in [4.69, 9.17) is 5.73 Å². The summed E-state index contributed by atoms with van der Waals surface area (Å²) in [5.74, 6) is 0.0315. The first-order chi connectivity index (χ1) is 9.67. The summed E-state index contributed by atoms with van der Waals surface area (Å²) >= 11 is 0. The van der Waals surface area contributed by atoms with Gasteiger partial charge < -0.3 is 11.1 Å². The molecule has 0 radical (unpaired) electrons. The molecule has 22 heavy (non-hydrogen) atoms. The Bertz CT molecular complexity index is 480. The third-order valence-electron chi connectivity index (χ3n) is 4.47. The summed E-state index contributed by atoms with van der Waals surface area (Å²) in [6.45, 7) is 2.81. The molecule has 1 heterocycles. The van der Waals surface area contributed by atoms with E-state index >= 15 is 0 Å². The third-order valence-corrected chi connectivity index (χ3v) is 4.47. The number of likely N-dealkylation sites (tertiary alicyclic amines) is 1. The second-order valence-corrected chi connectivity index (χ2v) is 6.12. The van der Waals surface area contributed by atoms with Crippen molar-refractivity contribution in [1.29, 1.82) is 0 Å². The Morgan fingerprint density at radius 2 is 1.95 bits per heavy atom.